The molecule has 1 aromatic rings. The van der Waals surface area contributed by atoms with Crippen molar-refractivity contribution in [3.05, 3.63) is 18.1 Å². The van der Waals surface area contributed by atoms with E-state index in [-0.39, 0.29) is 0 Å². The molecule has 1 saturated carbocycles. The Balaban J connectivity index is 1.92. The molecule has 1 aromatic heterocycles. The molecule has 1 aliphatic rings. The van der Waals surface area contributed by atoms with Crippen LogP contribution in [0.5, 0.6) is 0 Å². The largest absolute Gasteiger partial charge is 0.367 e. The van der Waals surface area contributed by atoms with Gasteiger partial charge in [0.2, 0.25) is 0 Å². The van der Waals surface area contributed by atoms with E-state index in [0.29, 0.717) is 18.0 Å². The fourth-order valence-electron chi connectivity index (χ4n) is 2.50. The van der Waals surface area contributed by atoms with Gasteiger partial charge in [-0.15, -0.1) is 0 Å². The molecule has 0 aliphatic heterocycles. The average Bonchev–Trinajstić information content (AvgIpc) is 2.40. The van der Waals surface area contributed by atoms with Gasteiger partial charge >= 0.3 is 0 Å². The molecule has 4 heteroatoms. The highest BCUT2D eigenvalue weighted by atomic mass is 15.0. The number of hydrogen-bond acceptors (Lipinski definition) is 4. The summed E-state index contributed by atoms with van der Waals surface area (Å²) in [5.41, 5.74) is 1.11. The van der Waals surface area contributed by atoms with Crippen LogP contribution in [-0.2, 0) is 0 Å². The molecule has 0 aromatic carbocycles. The lowest BCUT2D eigenvalue weighted by molar-refractivity contribution is 0.371. The summed E-state index contributed by atoms with van der Waals surface area (Å²) < 4.78 is 0. The standard InChI is InChI=1S/C14H24N4/c1-10(2)13-8-14(17-9-16-13)18-12-6-4-11(15-3)5-7-12/h8-12,15H,4-7H2,1-3H3,(H,16,17,18). The number of nitrogens with zero attached hydrogens (tertiary/aromatic N) is 2. The van der Waals surface area contributed by atoms with E-state index in [1.54, 1.807) is 6.33 Å². The minimum atomic E-state index is 0.452. The maximum atomic E-state index is 4.32. The summed E-state index contributed by atoms with van der Waals surface area (Å²) in [6, 6.07) is 3.33. The molecule has 1 heterocycles. The quantitative estimate of drug-likeness (QED) is 0.859. The monoisotopic (exact) mass is 248 g/mol. The minimum Gasteiger partial charge on any atom is -0.367 e. The van der Waals surface area contributed by atoms with Gasteiger partial charge in [0.15, 0.2) is 0 Å². The Morgan fingerprint density at radius 3 is 2.39 bits per heavy atom. The van der Waals surface area contributed by atoms with Crippen LogP contribution in [0.2, 0.25) is 0 Å². The van der Waals surface area contributed by atoms with Crippen molar-refractivity contribution >= 4 is 5.82 Å². The molecule has 100 valence electrons. The molecule has 0 atom stereocenters. The predicted molar refractivity (Wildman–Crippen MR) is 74.8 cm³/mol. The lowest BCUT2D eigenvalue weighted by Gasteiger charge is -2.29. The predicted octanol–water partition coefficient (Wildman–Crippen LogP) is 2.54. The lowest BCUT2D eigenvalue weighted by Crippen LogP contribution is -2.35. The van der Waals surface area contributed by atoms with Crippen LogP contribution >= 0.6 is 0 Å². The average molecular weight is 248 g/mol. The number of aromatic nitrogens is 2. The molecule has 2 rings (SSSR count). The molecular weight excluding hydrogens is 224 g/mol. The summed E-state index contributed by atoms with van der Waals surface area (Å²) in [4.78, 5) is 8.61. The molecule has 0 spiro atoms. The van der Waals surface area contributed by atoms with Crippen molar-refractivity contribution in [3.63, 3.8) is 0 Å². The van der Waals surface area contributed by atoms with Gasteiger partial charge in [0.05, 0.1) is 0 Å². The summed E-state index contributed by atoms with van der Waals surface area (Å²) in [5.74, 6) is 1.43. The van der Waals surface area contributed by atoms with Gasteiger partial charge < -0.3 is 10.6 Å². The van der Waals surface area contributed by atoms with Gasteiger partial charge in [-0.2, -0.15) is 0 Å². The van der Waals surface area contributed by atoms with Gasteiger partial charge in [-0.25, -0.2) is 9.97 Å². The highest BCUT2D eigenvalue weighted by Crippen LogP contribution is 2.22. The van der Waals surface area contributed by atoms with Crippen LogP contribution < -0.4 is 10.6 Å². The molecule has 0 radical (unpaired) electrons. The second-order valence-corrected chi connectivity index (χ2v) is 5.46. The van der Waals surface area contributed by atoms with E-state index in [1.807, 2.05) is 0 Å². The highest BCUT2D eigenvalue weighted by molar-refractivity contribution is 5.36. The zero-order valence-corrected chi connectivity index (χ0v) is 11.6. The van der Waals surface area contributed by atoms with Gasteiger partial charge in [-0.05, 0) is 38.6 Å². The first kappa shape index (κ1) is 13.3. The number of nitrogens with one attached hydrogen (secondary N) is 2. The normalized spacial score (nSPS) is 24.2. The van der Waals surface area contributed by atoms with Crippen LogP contribution in [0.25, 0.3) is 0 Å². The Morgan fingerprint density at radius 2 is 1.78 bits per heavy atom. The molecule has 0 saturated heterocycles. The summed E-state index contributed by atoms with van der Waals surface area (Å²) in [7, 11) is 2.05. The van der Waals surface area contributed by atoms with Gasteiger partial charge in [0, 0.05) is 23.8 Å². The SMILES string of the molecule is CNC1CCC(Nc2cc(C(C)C)ncn2)CC1. The van der Waals surface area contributed by atoms with Gasteiger partial charge in [-0.1, -0.05) is 13.8 Å². The Morgan fingerprint density at radius 1 is 1.11 bits per heavy atom. The Labute approximate surface area is 110 Å². The molecule has 0 bridgehead atoms. The van der Waals surface area contributed by atoms with Crippen LogP contribution in [0.4, 0.5) is 5.82 Å². The van der Waals surface area contributed by atoms with E-state index in [1.165, 1.54) is 25.7 Å². The third kappa shape index (κ3) is 3.42. The van der Waals surface area contributed by atoms with E-state index in [2.05, 4.69) is 47.6 Å². The third-order valence-electron chi connectivity index (χ3n) is 3.77. The van der Waals surface area contributed by atoms with Crippen molar-refractivity contribution in [3.8, 4) is 0 Å². The summed E-state index contributed by atoms with van der Waals surface area (Å²) in [5, 5.41) is 6.90. The molecular formula is C14H24N4. The van der Waals surface area contributed by atoms with Gasteiger partial charge in [0.1, 0.15) is 12.1 Å². The van der Waals surface area contributed by atoms with E-state index >= 15 is 0 Å². The molecule has 18 heavy (non-hydrogen) atoms. The van der Waals surface area contributed by atoms with Crippen molar-refractivity contribution < 1.29 is 0 Å². The topological polar surface area (TPSA) is 49.8 Å². The lowest BCUT2D eigenvalue weighted by atomic mass is 9.91. The maximum absolute atomic E-state index is 4.32. The van der Waals surface area contributed by atoms with Crippen molar-refractivity contribution in [1.29, 1.82) is 0 Å². The van der Waals surface area contributed by atoms with Crippen LogP contribution in [0.3, 0.4) is 0 Å². The first-order valence-corrected chi connectivity index (χ1v) is 6.94. The van der Waals surface area contributed by atoms with E-state index in [4.69, 9.17) is 0 Å². The van der Waals surface area contributed by atoms with Crippen LogP contribution in [0.1, 0.15) is 51.1 Å². The van der Waals surface area contributed by atoms with Crippen molar-refractivity contribution in [2.24, 2.45) is 0 Å². The van der Waals surface area contributed by atoms with Crippen LogP contribution in [0, 0.1) is 0 Å². The Hall–Kier alpha value is -1.16. The Kier molecular flexibility index (Phi) is 4.53. The third-order valence-corrected chi connectivity index (χ3v) is 3.77. The van der Waals surface area contributed by atoms with Crippen molar-refractivity contribution in [2.45, 2.75) is 57.5 Å². The number of anilines is 1. The van der Waals surface area contributed by atoms with Crippen molar-refractivity contribution in [1.82, 2.24) is 15.3 Å². The molecule has 2 N–H and O–H groups in total. The highest BCUT2D eigenvalue weighted by Gasteiger charge is 2.20. The van der Waals surface area contributed by atoms with E-state index in [0.717, 1.165) is 11.5 Å². The fraction of sp³-hybridized carbons (Fsp3) is 0.714. The van der Waals surface area contributed by atoms with Gasteiger partial charge in [0.25, 0.3) is 0 Å². The van der Waals surface area contributed by atoms with Gasteiger partial charge in [-0.3, -0.25) is 0 Å². The van der Waals surface area contributed by atoms with Crippen LogP contribution in [0.15, 0.2) is 12.4 Å². The second kappa shape index (κ2) is 6.14. The maximum Gasteiger partial charge on any atom is 0.129 e. The van der Waals surface area contributed by atoms with Crippen molar-refractivity contribution in [2.75, 3.05) is 12.4 Å². The van der Waals surface area contributed by atoms with E-state index in [9.17, 15) is 0 Å². The first-order valence-electron chi connectivity index (χ1n) is 6.94. The number of rotatable bonds is 4. The molecule has 1 fully saturated rings. The second-order valence-electron chi connectivity index (χ2n) is 5.46. The summed E-state index contributed by atoms with van der Waals surface area (Å²) in [6.45, 7) is 4.31. The number of hydrogen-bond donors (Lipinski definition) is 2. The molecule has 0 amide bonds. The fourth-order valence-corrected chi connectivity index (χ4v) is 2.50. The molecule has 0 unspecified atom stereocenters. The first-order chi connectivity index (χ1) is 8.69. The van der Waals surface area contributed by atoms with E-state index < -0.39 is 0 Å². The minimum absolute atomic E-state index is 0.452. The zero-order valence-electron chi connectivity index (χ0n) is 11.6. The smallest absolute Gasteiger partial charge is 0.129 e. The molecule has 1 aliphatic carbocycles. The molecule has 4 nitrogen and oxygen atoms in total. The summed E-state index contributed by atoms with van der Waals surface area (Å²) in [6.07, 6.45) is 6.59. The Bertz CT molecular complexity index is 370. The summed E-state index contributed by atoms with van der Waals surface area (Å²) >= 11 is 0. The van der Waals surface area contributed by atoms with Crippen LogP contribution in [-0.4, -0.2) is 29.1 Å². The zero-order chi connectivity index (χ0) is 13.0.